The van der Waals surface area contributed by atoms with Gasteiger partial charge in [-0.15, -0.1) is 0 Å². The van der Waals surface area contributed by atoms with E-state index in [9.17, 15) is 0 Å². The van der Waals surface area contributed by atoms with E-state index in [1.54, 1.807) is 0 Å². The molecule has 0 aliphatic heterocycles. The number of aromatic nitrogens is 2. The van der Waals surface area contributed by atoms with Crippen LogP contribution in [0.15, 0.2) is 6.33 Å². The molecule has 2 N–H and O–H groups in total. The van der Waals surface area contributed by atoms with Gasteiger partial charge >= 0.3 is 0 Å². The number of nitrogen functional groups attached to an aromatic ring is 1. The Morgan fingerprint density at radius 2 is 2.27 bits per heavy atom. The second-order valence-electron chi connectivity index (χ2n) is 3.98. The minimum Gasteiger partial charge on any atom is -0.477 e. The highest BCUT2D eigenvalue weighted by atomic mass is 16.5. The van der Waals surface area contributed by atoms with Gasteiger partial charge in [0, 0.05) is 0 Å². The summed E-state index contributed by atoms with van der Waals surface area (Å²) in [6, 6.07) is 0. The van der Waals surface area contributed by atoms with Crippen molar-refractivity contribution in [2.45, 2.75) is 32.6 Å². The lowest BCUT2D eigenvalue weighted by Gasteiger charge is -2.09. The standard InChI is InChI=1S/C11H17N3O/c1-2-9-10(12)13-7-14-11(9)15-6-5-8-3-4-8/h7-8H,2-6H2,1H3,(H2,12,13,14). The third-order valence-electron chi connectivity index (χ3n) is 2.75. The smallest absolute Gasteiger partial charge is 0.221 e. The van der Waals surface area contributed by atoms with Gasteiger partial charge in [0.1, 0.15) is 12.1 Å². The van der Waals surface area contributed by atoms with Gasteiger partial charge in [-0.3, -0.25) is 0 Å². The van der Waals surface area contributed by atoms with Crippen molar-refractivity contribution in [2.24, 2.45) is 5.92 Å². The van der Waals surface area contributed by atoms with Crippen molar-refractivity contribution in [2.75, 3.05) is 12.3 Å². The highest BCUT2D eigenvalue weighted by molar-refractivity contribution is 5.44. The van der Waals surface area contributed by atoms with Crippen LogP contribution in [-0.2, 0) is 6.42 Å². The van der Waals surface area contributed by atoms with Crippen molar-refractivity contribution >= 4 is 5.82 Å². The minimum atomic E-state index is 0.536. The molecule has 1 aromatic rings. The largest absolute Gasteiger partial charge is 0.477 e. The zero-order valence-corrected chi connectivity index (χ0v) is 9.07. The molecule has 15 heavy (non-hydrogen) atoms. The average molecular weight is 207 g/mol. The highest BCUT2D eigenvalue weighted by Gasteiger charge is 2.21. The summed E-state index contributed by atoms with van der Waals surface area (Å²) in [4.78, 5) is 8.07. The van der Waals surface area contributed by atoms with Gasteiger partial charge in [-0.1, -0.05) is 19.8 Å². The van der Waals surface area contributed by atoms with E-state index in [1.807, 2.05) is 6.92 Å². The van der Waals surface area contributed by atoms with E-state index < -0.39 is 0 Å². The molecule has 0 spiro atoms. The number of rotatable bonds is 5. The predicted molar refractivity (Wildman–Crippen MR) is 58.7 cm³/mol. The molecule has 82 valence electrons. The van der Waals surface area contributed by atoms with E-state index in [4.69, 9.17) is 10.5 Å². The Labute approximate surface area is 89.9 Å². The molecule has 0 unspecified atom stereocenters. The molecule has 1 fully saturated rings. The van der Waals surface area contributed by atoms with Crippen molar-refractivity contribution < 1.29 is 4.74 Å². The highest BCUT2D eigenvalue weighted by Crippen LogP contribution is 2.32. The van der Waals surface area contributed by atoms with Gasteiger partial charge in [-0.2, -0.15) is 0 Å². The summed E-state index contributed by atoms with van der Waals surface area (Å²) in [5.74, 6) is 2.08. The average Bonchev–Trinajstić information content (AvgIpc) is 3.02. The molecule has 0 atom stereocenters. The minimum absolute atomic E-state index is 0.536. The zero-order chi connectivity index (χ0) is 10.7. The van der Waals surface area contributed by atoms with Crippen LogP contribution in [0.5, 0.6) is 5.88 Å². The van der Waals surface area contributed by atoms with Gasteiger partial charge in [0.15, 0.2) is 0 Å². The number of ether oxygens (including phenoxy) is 1. The number of anilines is 1. The Hall–Kier alpha value is -1.32. The third-order valence-corrected chi connectivity index (χ3v) is 2.75. The van der Waals surface area contributed by atoms with Crippen LogP contribution < -0.4 is 10.5 Å². The van der Waals surface area contributed by atoms with Gasteiger partial charge in [0.25, 0.3) is 0 Å². The van der Waals surface area contributed by atoms with E-state index in [1.165, 1.54) is 19.2 Å². The van der Waals surface area contributed by atoms with Crippen molar-refractivity contribution in [1.82, 2.24) is 9.97 Å². The van der Waals surface area contributed by atoms with Crippen LogP contribution >= 0.6 is 0 Å². The van der Waals surface area contributed by atoms with Crippen molar-refractivity contribution in [3.05, 3.63) is 11.9 Å². The summed E-state index contributed by atoms with van der Waals surface area (Å²) in [7, 11) is 0. The number of nitrogens with two attached hydrogens (primary N) is 1. The Morgan fingerprint density at radius 1 is 1.47 bits per heavy atom. The summed E-state index contributed by atoms with van der Waals surface area (Å²) < 4.78 is 5.63. The lowest BCUT2D eigenvalue weighted by Crippen LogP contribution is -2.06. The monoisotopic (exact) mass is 207 g/mol. The lowest BCUT2D eigenvalue weighted by molar-refractivity contribution is 0.288. The topological polar surface area (TPSA) is 61.0 Å². The molecule has 0 bridgehead atoms. The van der Waals surface area contributed by atoms with Crippen molar-refractivity contribution in [1.29, 1.82) is 0 Å². The Morgan fingerprint density at radius 3 is 2.93 bits per heavy atom. The van der Waals surface area contributed by atoms with Crippen LogP contribution in [0.4, 0.5) is 5.82 Å². The molecule has 1 saturated carbocycles. The number of hydrogen-bond donors (Lipinski definition) is 1. The van der Waals surface area contributed by atoms with E-state index in [0.717, 1.165) is 30.9 Å². The maximum absolute atomic E-state index is 5.74. The number of hydrogen-bond acceptors (Lipinski definition) is 4. The summed E-state index contributed by atoms with van der Waals surface area (Å²) >= 11 is 0. The first-order valence-corrected chi connectivity index (χ1v) is 5.53. The first kappa shape index (κ1) is 10.2. The van der Waals surface area contributed by atoms with Gasteiger partial charge in [0.05, 0.1) is 12.2 Å². The summed E-state index contributed by atoms with van der Waals surface area (Å²) in [5.41, 5.74) is 6.67. The molecule has 0 saturated heterocycles. The van der Waals surface area contributed by atoms with E-state index in [2.05, 4.69) is 9.97 Å². The molecule has 0 aromatic carbocycles. The summed E-state index contributed by atoms with van der Waals surface area (Å²) in [5, 5.41) is 0. The first-order valence-electron chi connectivity index (χ1n) is 5.53. The molecule has 0 amide bonds. The van der Waals surface area contributed by atoms with Crippen LogP contribution in [0.1, 0.15) is 31.7 Å². The molecule has 4 heteroatoms. The molecule has 2 rings (SSSR count). The maximum atomic E-state index is 5.74. The van der Waals surface area contributed by atoms with Crippen molar-refractivity contribution in [3.8, 4) is 5.88 Å². The molecule has 4 nitrogen and oxygen atoms in total. The van der Waals surface area contributed by atoms with Crippen molar-refractivity contribution in [3.63, 3.8) is 0 Å². The van der Waals surface area contributed by atoms with Gasteiger partial charge < -0.3 is 10.5 Å². The molecule has 1 aromatic heterocycles. The van der Waals surface area contributed by atoms with Crippen LogP contribution in [-0.4, -0.2) is 16.6 Å². The number of nitrogens with zero attached hydrogens (tertiary/aromatic N) is 2. The van der Waals surface area contributed by atoms with E-state index >= 15 is 0 Å². The molecule has 0 radical (unpaired) electrons. The Balaban J connectivity index is 1.95. The zero-order valence-electron chi connectivity index (χ0n) is 9.07. The third kappa shape index (κ3) is 2.58. The predicted octanol–water partition coefficient (Wildman–Crippen LogP) is 1.80. The molecule has 1 heterocycles. The fourth-order valence-corrected chi connectivity index (χ4v) is 1.59. The quantitative estimate of drug-likeness (QED) is 0.799. The first-order chi connectivity index (χ1) is 7.31. The van der Waals surface area contributed by atoms with Crippen LogP contribution in [0.3, 0.4) is 0 Å². The Kier molecular flexibility index (Phi) is 3.04. The summed E-state index contributed by atoms with van der Waals surface area (Å²) in [6.45, 7) is 2.77. The van der Waals surface area contributed by atoms with E-state index in [-0.39, 0.29) is 0 Å². The fourth-order valence-electron chi connectivity index (χ4n) is 1.59. The van der Waals surface area contributed by atoms with Gasteiger partial charge in [-0.05, 0) is 18.8 Å². The SMILES string of the molecule is CCc1c(N)ncnc1OCCC1CC1. The van der Waals surface area contributed by atoms with Crippen LogP contribution in [0.25, 0.3) is 0 Å². The second-order valence-corrected chi connectivity index (χ2v) is 3.98. The second kappa shape index (κ2) is 4.47. The van der Waals surface area contributed by atoms with E-state index in [0.29, 0.717) is 11.7 Å². The lowest BCUT2D eigenvalue weighted by atomic mass is 10.2. The Bertz CT molecular complexity index is 337. The molecular formula is C11H17N3O. The van der Waals surface area contributed by atoms with Crippen LogP contribution in [0.2, 0.25) is 0 Å². The van der Waals surface area contributed by atoms with Gasteiger partial charge in [-0.25, -0.2) is 9.97 Å². The molecular weight excluding hydrogens is 190 g/mol. The van der Waals surface area contributed by atoms with Crippen LogP contribution in [0, 0.1) is 5.92 Å². The maximum Gasteiger partial charge on any atom is 0.221 e. The molecule has 1 aliphatic carbocycles. The fraction of sp³-hybridized carbons (Fsp3) is 0.636. The normalized spacial score (nSPS) is 15.3. The summed E-state index contributed by atoms with van der Waals surface area (Å²) in [6.07, 6.45) is 6.12. The van der Waals surface area contributed by atoms with Gasteiger partial charge in [0.2, 0.25) is 5.88 Å². The molecule has 1 aliphatic rings.